The van der Waals surface area contributed by atoms with Crippen LogP contribution in [0.4, 0.5) is 4.79 Å². The first kappa shape index (κ1) is 20.1. The molecule has 4 amide bonds. The Hall–Kier alpha value is -3.16. The largest absolute Gasteiger partial charge is 0.350 e. The van der Waals surface area contributed by atoms with Crippen LogP contribution in [0.1, 0.15) is 43.7 Å². The number of carbonyl (C=O) groups is 3. The van der Waals surface area contributed by atoms with Crippen LogP contribution in [0.25, 0.3) is 0 Å². The highest BCUT2D eigenvalue weighted by Crippen LogP contribution is 2.36. The maximum Gasteiger partial charge on any atom is 0.325 e. The second kappa shape index (κ2) is 8.30. The van der Waals surface area contributed by atoms with E-state index in [2.05, 4.69) is 22.7 Å². The number of urea groups is 1. The molecule has 8 nitrogen and oxygen atoms in total. The summed E-state index contributed by atoms with van der Waals surface area (Å²) in [4.78, 5) is 38.6. The molecule has 2 aliphatic rings. The summed E-state index contributed by atoms with van der Waals surface area (Å²) in [5.41, 5.74) is 1.25. The minimum atomic E-state index is -0.811. The molecule has 0 radical (unpaired) electrons. The Labute approximate surface area is 175 Å². The smallest absolute Gasteiger partial charge is 0.325 e. The van der Waals surface area contributed by atoms with Crippen LogP contribution in [0.5, 0.6) is 0 Å². The Balaban J connectivity index is 1.28. The Morgan fingerprint density at radius 3 is 2.57 bits per heavy atom. The van der Waals surface area contributed by atoms with E-state index in [1.165, 1.54) is 0 Å². The van der Waals surface area contributed by atoms with Gasteiger partial charge >= 0.3 is 6.03 Å². The number of nitrogens with one attached hydrogen (secondary N) is 2. The third kappa shape index (κ3) is 4.22. The van der Waals surface area contributed by atoms with Gasteiger partial charge in [0.25, 0.3) is 5.91 Å². The molecule has 4 rings (SSSR count). The van der Waals surface area contributed by atoms with E-state index < -0.39 is 11.6 Å². The van der Waals surface area contributed by atoms with Crippen molar-refractivity contribution < 1.29 is 14.4 Å². The molecule has 1 aromatic heterocycles. The first-order valence-corrected chi connectivity index (χ1v) is 10.4. The summed E-state index contributed by atoms with van der Waals surface area (Å²) >= 11 is 0. The number of benzene rings is 1. The molecule has 0 atom stereocenters. The zero-order chi connectivity index (χ0) is 21.1. The summed E-state index contributed by atoms with van der Waals surface area (Å²) in [6.45, 7) is 2.93. The van der Waals surface area contributed by atoms with E-state index >= 15 is 0 Å². The molecule has 1 aliphatic heterocycles. The number of amides is 4. The lowest BCUT2D eigenvalue weighted by Gasteiger charge is -2.33. The molecule has 8 heteroatoms. The van der Waals surface area contributed by atoms with Crippen LogP contribution in [0.15, 0.2) is 42.7 Å². The Morgan fingerprint density at radius 2 is 1.90 bits per heavy atom. The van der Waals surface area contributed by atoms with E-state index in [4.69, 9.17) is 0 Å². The van der Waals surface area contributed by atoms with Crippen molar-refractivity contribution in [2.75, 3.05) is 6.54 Å². The van der Waals surface area contributed by atoms with Gasteiger partial charge in [0.2, 0.25) is 5.91 Å². The molecule has 1 saturated carbocycles. The van der Waals surface area contributed by atoms with Crippen molar-refractivity contribution in [1.29, 1.82) is 0 Å². The highest BCUT2D eigenvalue weighted by Gasteiger charge is 2.52. The van der Waals surface area contributed by atoms with E-state index in [1.54, 1.807) is 6.20 Å². The molecule has 2 N–H and O–H groups in total. The summed E-state index contributed by atoms with van der Waals surface area (Å²) in [6, 6.07) is 9.30. The molecule has 1 aromatic carbocycles. The normalized spacial score (nSPS) is 23.6. The van der Waals surface area contributed by atoms with Crippen LogP contribution in [-0.4, -0.2) is 44.6 Å². The van der Waals surface area contributed by atoms with Crippen LogP contribution in [0, 0.1) is 5.92 Å². The molecule has 2 fully saturated rings. The lowest BCUT2D eigenvalue weighted by Crippen LogP contribution is -2.49. The fourth-order valence-corrected chi connectivity index (χ4v) is 4.16. The number of nitrogens with zero attached hydrogens (tertiary/aromatic N) is 3. The molecule has 1 aliphatic carbocycles. The van der Waals surface area contributed by atoms with Crippen molar-refractivity contribution in [2.45, 2.75) is 51.2 Å². The summed E-state index contributed by atoms with van der Waals surface area (Å²) in [5, 5.41) is 9.83. The average molecular weight is 409 g/mol. The van der Waals surface area contributed by atoms with Gasteiger partial charge in [0.05, 0.1) is 6.54 Å². The van der Waals surface area contributed by atoms with E-state index in [1.807, 2.05) is 41.2 Å². The van der Waals surface area contributed by atoms with Crippen molar-refractivity contribution in [3.05, 3.63) is 53.9 Å². The molecule has 0 bridgehead atoms. The molecule has 0 unspecified atom stereocenters. The van der Waals surface area contributed by atoms with Gasteiger partial charge in [0.1, 0.15) is 12.1 Å². The number of carbonyl (C=O) groups excluding carboxylic acids is 3. The van der Waals surface area contributed by atoms with Crippen molar-refractivity contribution >= 4 is 17.8 Å². The van der Waals surface area contributed by atoms with Gasteiger partial charge in [-0.25, -0.2) is 4.79 Å². The molecular weight excluding hydrogens is 382 g/mol. The quantitative estimate of drug-likeness (QED) is 0.714. The second-order valence-electron chi connectivity index (χ2n) is 8.38. The predicted molar refractivity (Wildman–Crippen MR) is 110 cm³/mol. The first-order valence-electron chi connectivity index (χ1n) is 10.4. The highest BCUT2D eigenvalue weighted by molar-refractivity contribution is 6.09. The fraction of sp³-hybridized carbons (Fsp3) is 0.455. The van der Waals surface area contributed by atoms with Crippen LogP contribution in [0.3, 0.4) is 0 Å². The summed E-state index contributed by atoms with van der Waals surface area (Å²) in [5.74, 6) is -0.0542. The predicted octanol–water partition coefficient (Wildman–Crippen LogP) is 2.05. The van der Waals surface area contributed by atoms with Gasteiger partial charge < -0.3 is 10.6 Å². The maximum atomic E-state index is 12.8. The van der Waals surface area contributed by atoms with Crippen LogP contribution in [-0.2, 0) is 22.7 Å². The minimum absolute atomic E-state index is 0.251. The van der Waals surface area contributed by atoms with Crippen LogP contribution < -0.4 is 10.6 Å². The number of hydrogen-bond donors (Lipinski definition) is 2. The first-order chi connectivity index (χ1) is 14.4. The molecule has 158 valence electrons. The van der Waals surface area contributed by atoms with E-state index in [0.29, 0.717) is 31.8 Å². The van der Waals surface area contributed by atoms with Gasteiger partial charge in [-0.2, -0.15) is 5.10 Å². The summed E-state index contributed by atoms with van der Waals surface area (Å²) in [6.07, 6.45) is 6.74. The third-order valence-electron chi connectivity index (χ3n) is 6.09. The van der Waals surface area contributed by atoms with Gasteiger partial charge in [-0.3, -0.25) is 19.2 Å². The zero-order valence-corrected chi connectivity index (χ0v) is 17.1. The van der Waals surface area contributed by atoms with Crippen molar-refractivity contribution in [2.24, 2.45) is 5.92 Å². The van der Waals surface area contributed by atoms with Gasteiger partial charge in [-0.15, -0.1) is 0 Å². The van der Waals surface area contributed by atoms with Gasteiger partial charge in [0.15, 0.2) is 0 Å². The lowest BCUT2D eigenvalue weighted by atomic mass is 9.77. The number of aromatic nitrogens is 2. The van der Waals surface area contributed by atoms with Gasteiger partial charge in [-0.1, -0.05) is 31.2 Å². The summed E-state index contributed by atoms with van der Waals surface area (Å²) in [7, 11) is 0. The van der Waals surface area contributed by atoms with Crippen molar-refractivity contribution in [3.63, 3.8) is 0 Å². The second-order valence-corrected chi connectivity index (χ2v) is 8.38. The average Bonchev–Trinajstić information content (AvgIpc) is 3.32. The third-order valence-corrected chi connectivity index (χ3v) is 6.09. The van der Waals surface area contributed by atoms with Crippen LogP contribution in [0.2, 0.25) is 0 Å². The molecular formula is C22H27N5O3. The Morgan fingerprint density at radius 1 is 1.20 bits per heavy atom. The molecule has 1 spiro atoms. The lowest BCUT2D eigenvalue weighted by molar-refractivity contribution is -0.136. The Kier molecular flexibility index (Phi) is 5.57. The zero-order valence-electron chi connectivity index (χ0n) is 17.1. The molecule has 30 heavy (non-hydrogen) atoms. The standard InChI is InChI=1S/C22H27N5O3/c1-16-7-9-22(10-8-16)20(29)27(21(30)25-22)15-19(28)23-13-17-3-5-18(6-4-17)14-26-12-2-11-24-26/h2-6,11-12,16H,7-10,13-15H2,1H3,(H,23,28)(H,25,30). The molecule has 1 saturated heterocycles. The number of imide groups is 1. The fourth-order valence-electron chi connectivity index (χ4n) is 4.16. The number of rotatable bonds is 6. The van der Waals surface area contributed by atoms with Crippen LogP contribution >= 0.6 is 0 Å². The minimum Gasteiger partial charge on any atom is -0.350 e. The maximum absolute atomic E-state index is 12.8. The number of hydrogen-bond acceptors (Lipinski definition) is 4. The Bertz CT molecular complexity index is 915. The van der Waals surface area contributed by atoms with E-state index in [0.717, 1.165) is 28.9 Å². The SMILES string of the molecule is CC1CCC2(CC1)NC(=O)N(CC(=O)NCc1ccc(Cn3cccn3)cc1)C2=O. The van der Waals surface area contributed by atoms with E-state index in [-0.39, 0.29) is 18.4 Å². The van der Waals surface area contributed by atoms with Gasteiger partial charge in [-0.05, 0) is 48.8 Å². The highest BCUT2D eigenvalue weighted by atomic mass is 16.2. The monoisotopic (exact) mass is 409 g/mol. The molecule has 2 aromatic rings. The van der Waals surface area contributed by atoms with Gasteiger partial charge in [0, 0.05) is 18.9 Å². The van der Waals surface area contributed by atoms with Crippen molar-refractivity contribution in [3.8, 4) is 0 Å². The van der Waals surface area contributed by atoms with E-state index in [9.17, 15) is 14.4 Å². The summed E-state index contributed by atoms with van der Waals surface area (Å²) < 4.78 is 1.84. The topological polar surface area (TPSA) is 96.3 Å². The van der Waals surface area contributed by atoms with Crippen molar-refractivity contribution in [1.82, 2.24) is 25.3 Å². The molecule has 2 heterocycles.